The minimum Gasteiger partial charge on any atom is -0.497 e. The Morgan fingerprint density at radius 3 is 2.29 bits per heavy atom. The maximum atomic E-state index is 13.9. The van der Waals surface area contributed by atoms with Gasteiger partial charge in [0.2, 0.25) is 11.7 Å². The van der Waals surface area contributed by atoms with Crippen molar-refractivity contribution in [2.45, 2.75) is 37.1 Å². The maximum Gasteiger partial charge on any atom is 0.254 e. The first-order valence-electron chi connectivity index (χ1n) is 15.6. The van der Waals surface area contributed by atoms with Crippen LogP contribution in [0.1, 0.15) is 41.6 Å². The molecule has 2 aliphatic rings. The van der Waals surface area contributed by atoms with E-state index in [1.807, 2.05) is 35.2 Å². The molecule has 1 unspecified atom stereocenters. The third-order valence-corrected chi connectivity index (χ3v) is 9.48. The Bertz CT molecular complexity index is 1560. The predicted octanol–water partition coefficient (Wildman–Crippen LogP) is 5.35. The number of ether oxygens (including phenoxy) is 4. The van der Waals surface area contributed by atoms with Crippen molar-refractivity contribution in [3.8, 4) is 23.0 Å². The normalized spacial score (nSPS) is 19.1. The fourth-order valence-electron chi connectivity index (χ4n) is 6.85. The summed E-state index contributed by atoms with van der Waals surface area (Å²) in [6.07, 6.45) is 3.95. The van der Waals surface area contributed by atoms with Gasteiger partial charge >= 0.3 is 0 Å². The van der Waals surface area contributed by atoms with Crippen LogP contribution in [0, 0.1) is 0 Å². The van der Waals surface area contributed by atoms with Crippen LogP contribution in [0.2, 0.25) is 0 Å². The zero-order valence-corrected chi connectivity index (χ0v) is 26.6. The van der Waals surface area contributed by atoms with Gasteiger partial charge in [0.05, 0.1) is 39.5 Å². The molecule has 0 radical (unpaired) electrons. The summed E-state index contributed by atoms with van der Waals surface area (Å²) in [4.78, 5) is 26.5. The lowest BCUT2D eigenvalue weighted by molar-refractivity contribution is 0.0779. The molecule has 0 bridgehead atoms. The van der Waals surface area contributed by atoms with Crippen LogP contribution in [-0.4, -0.2) is 92.9 Å². The molecular weight excluding hydrogens is 570 g/mol. The molecule has 1 amide bonds. The lowest BCUT2D eigenvalue weighted by Gasteiger charge is -2.36. The summed E-state index contributed by atoms with van der Waals surface area (Å²) in [5, 5.41) is 3.61. The maximum absolute atomic E-state index is 13.9. The van der Waals surface area contributed by atoms with Gasteiger partial charge in [-0.25, -0.2) is 4.98 Å². The number of aromatic nitrogens is 2. The van der Waals surface area contributed by atoms with E-state index in [9.17, 15) is 4.79 Å². The van der Waals surface area contributed by atoms with Gasteiger partial charge in [-0.3, -0.25) is 4.79 Å². The number of nitrogens with zero attached hydrogens (tertiary/aromatic N) is 3. The van der Waals surface area contributed by atoms with E-state index in [1.54, 1.807) is 40.6 Å². The van der Waals surface area contributed by atoms with Crippen molar-refractivity contribution in [3.63, 3.8) is 0 Å². The van der Waals surface area contributed by atoms with Crippen molar-refractivity contribution < 1.29 is 23.7 Å². The van der Waals surface area contributed by atoms with Crippen molar-refractivity contribution in [1.82, 2.24) is 19.8 Å². The number of H-pyrrole nitrogens is 1. The molecule has 6 rings (SSSR count). The number of anilines is 1. The number of fused-ring (bicyclic) bond motifs is 1. The fraction of sp³-hybridized carbons (Fsp3) is 0.429. The monoisotopic (exact) mass is 613 g/mol. The van der Waals surface area contributed by atoms with Crippen LogP contribution >= 0.6 is 0 Å². The molecular formula is C35H43N5O5. The van der Waals surface area contributed by atoms with E-state index in [2.05, 4.69) is 33.4 Å². The lowest BCUT2D eigenvalue weighted by Crippen LogP contribution is -2.42. The van der Waals surface area contributed by atoms with Gasteiger partial charge in [-0.15, -0.1) is 0 Å². The molecule has 1 aromatic heterocycles. The number of benzene rings is 3. The molecule has 0 saturated carbocycles. The average Bonchev–Trinajstić information content (AvgIpc) is 3.72. The van der Waals surface area contributed by atoms with Crippen LogP contribution in [0.4, 0.5) is 5.95 Å². The third-order valence-electron chi connectivity index (χ3n) is 9.48. The second-order valence-corrected chi connectivity index (χ2v) is 12.0. The van der Waals surface area contributed by atoms with Crippen LogP contribution in [0.25, 0.3) is 11.0 Å². The van der Waals surface area contributed by atoms with Gasteiger partial charge in [0.25, 0.3) is 5.91 Å². The van der Waals surface area contributed by atoms with Crippen molar-refractivity contribution in [1.29, 1.82) is 0 Å². The molecule has 3 aromatic carbocycles. The van der Waals surface area contributed by atoms with Gasteiger partial charge in [-0.1, -0.05) is 24.3 Å². The van der Waals surface area contributed by atoms with Crippen molar-refractivity contribution >= 4 is 22.9 Å². The smallest absolute Gasteiger partial charge is 0.254 e. The molecule has 0 spiro atoms. The number of para-hydroxylation sites is 2. The number of nitrogens with one attached hydrogen (secondary N) is 2. The van der Waals surface area contributed by atoms with E-state index < -0.39 is 0 Å². The first kappa shape index (κ1) is 30.6. The molecule has 2 aliphatic heterocycles. The standard InChI is InChI=1S/C35H43N5O5/c1-42-27-11-9-25(10-12-27)35(16-20-40(23-35)33(41)24-21-30(43-2)32(45-4)31(22-24)44-3)15-19-39-17-13-26(14-18-39)36-34-37-28-7-5-6-8-29(28)38-34/h5-12,21-22,26H,13-20,23H2,1-4H3,(H2,36,37,38). The molecule has 238 valence electrons. The molecule has 2 fully saturated rings. The largest absolute Gasteiger partial charge is 0.497 e. The van der Waals surface area contributed by atoms with E-state index in [4.69, 9.17) is 23.9 Å². The molecule has 10 heteroatoms. The molecule has 2 saturated heterocycles. The summed E-state index contributed by atoms with van der Waals surface area (Å²) < 4.78 is 22.0. The number of carbonyl (C=O) groups excluding carboxylic acids is 1. The number of hydrogen-bond acceptors (Lipinski definition) is 8. The zero-order chi connectivity index (χ0) is 31.4. The number of rotatable bonds is 11. The fourth-order valence-corrected chi connectivity index (χ4v) is 6.85. The molecule has 45 heavy (non-hydrogen) atoms. The molecule has 1 atom stereocenters. The summed E-state index contributed by atoms with van der Waals surface area (Å²) >= 11 is 0. The number of likely N-dealkylation sites (tertiary alicyclic amines) is 2. The van der Waals surface area contributed by atoms with Crippen LogP contribution in [0.3, 0.4) is 0 Å². The Balaban J connectivity index is 1.14. The second-order valence-electron chi connectivity index (χ2n) is 12.0. The second kappa shape index (κ2) is 13.3. The van der Waals surface area contributed by atoms with Gasteiger partial charge in [-0.2, -0.15) is 0 Å². The summed E-state index contributed by atoms with van der Waals surface area (Å²) in [5.41, 5.74) is 3.64. The minimum atomic E-state index is -0.161. The average molecular weight is 614 g/mol. The predicted molar refractivity (Wildman–Crippen MR) is 175 cm³/mol. The summed E-state index contributed by atoms with van der Waals surface area (Å²) in [5.74, 6) is 3.05. The van der Waals surface area contributed by atoms with Crippen LogP contribution in [-0.2, 0) is 5.41 Å². The number of amides is 1. The first-order valence-corrected chi connectivity index (χ1v) is 15.6. The molecule has 10 nitrogen and oxygen atoms in total. The van der Waals surface area contributed by atoms with Gasteiger partial charge in [0, 0.05) is 43.2 Å². The Kier molecular flexibility index (Phi) is 9.02. The summed E-state index contributed by atoms with van der Waals surface area (Å²) in [6.45, 7) is 4.31. The van der Waals surface area contributed by atoms with E-state index >= 15 is 0 Å². The zero-order valence-electron chi connectivity index (χ0n) is 26.6. The Labute approximate surface area is 264 Å². The molecule has 0 aliphatic carbocycles. The molecule has 3 heterocycles. The highest BCUT2D eigenvalue weighted by atomic mass is 16.5. The SMILES string of the molecule is COc1ccc(C2(CCN3CCC(Nc4nc5ccccc5[nH]4)CC3)CCN(C(=O)c3cc(OC)c(OC)c(OC)c3)C2)cc1. The van der Waals surface area contributed by atoms with E-state index in [1.165, 1.54) is 5.56 Å². The van der Waals surface area contributed by atoms with Crippen molar-refractivity contribution in [2.24, 2.45) is 0 Å². The number of carbonyl (C=O) groups is 1. The van der Waals surface area contributed by atoms with Crippen LogP contribution in [0.15, 0.2) is 60.7 Å². The molecule has 2 N–H and O–H groups in total. The van der Waals surface area contributed by atoms with Gasteiger partial charge in [0.15, 0.2) is 11.5 Å². The Morgan fingerprint density at radius 2 is 1.64 bits per heavy atom. The number of imidazole rings is 1. The Morgan fingerprint density at radius 1 is 0.933 bits per heavy atom. The van der Waals surface area contributed by atoms with Gasteiger partial charge in [0.1, 0.15) is 5.75 Å². The van der Waals surface area contributed by atoms with Gasteiger partial charge < -0.3 is 39.0 Å². The van der Waals surface area contributed by atoms with Crippen LogP contribution in [0.5, 0.6) is 23.0 Å². The first-order chi connectivity index (χ1) is 21.9. The quantitative estimate of drug-likeness (QED) is 0.234. The van der Waals surface area contributed by atoms with Crippen molar-refractivity contribution in [2.75, 3.05) is 66.5 Å². The molecule has 4 aromatic rings. The number of piperidine rings is 1. The van der Waals surface area contributed by atoms with Crippen molar-refractivity contribution in [3.05, 3.63) is 71.8 Å². The van der Waals surface area contributed by atoms with E-state index in [0.29, 0.717) is 41.9 Å². The number of hydrogen-bond donors (Lipinski definition) is 2. The topological polar surface area (TPSA) is 101 Å². The highest BCUT2D eigenvalue weighted by Gasteiger charge is 2.42. The lowest BCUT2D eigenvalue weighted by atomic mass is 9.76. The van der Waals surface area contributed by atoms with E-state index in [0.717, 1.165) is 68.0 Å². The van der Waals surface area contributed by atoms with Crippen LogP contribution < -0.4 is 24.3 Å². The minimum absolute atomic E-state index is 0.0397. The third kappa shape index (κ3) is 6.38. The van der Waals surface area contributed by atoms with Gasteiger partial charge in [-0.05, 0) is 74.2 Å². The summed E-state index contributed by atoms with van der Waals surface area (Å²) in [7, 11) is 6.37. The highest BCUT2D eigenvalue weighted by Crippen LogP contribution is 2.42. The Hall–Kier alpha value is -4.44. The number of methoxy groups -OCH3 is 4. The summed E-state index contributed by atoms with van der Waals surface area (Å²) in [6, 6.07) is 20.3. The highest BCUT2D eigenvalue weighted by molar-refractivity contribution is 5.96. The number of aromatic amines is 1. The van der Waals surface area contributed by atoms with E-state index in [-0.39, 0.29) is 11.3 Å².